The Morgan fingerprint density at radius 3 is 2.78 bits per heavy atom. The minimum Gasteiger partial charge on any atom is -0.489 e. The predicted molar refractivity (Wildman–Crippen MR) is 127 cm³/mol. The SMILES string of the molecule is CC(C)c1ccc(OC2CCN(CCO)C(CC(C)c3ccc4c(n3)CCNC4)C2)cn1. The lowest BCUT2D eigenvalue weighted by atomic mass is 9.89. The number of pyridine rings is 2. The molecule has 3 unspecified atom stereocenters. The molecule has 0 aromatic carbocycles. The van der Waals surface area contributed by atoms with Gasteiger partial charge in [-0.2, -0.15) is 0 Å². The van der Waals surface area contributed by atoms with Crippen molar-refractivity contribution in [2.75, 3.05) is 26.2 Å². The average Bonchev–Trinajstić information content (AvgIpc) is 2.81. The zero-order valence-electron chi connectivity index (χ0n) is 19.8. The van der Waals surface area contributed by atoms with E-state index in [1.807, 2.05) is 12.3 Å². The van der Waals surface area contributed by atoms with Gasteiger partial charge in [-0.1, -0.05) is 26.8 Å². The van der Waals surface area contributed by atoms with Crippen LogP contribution in [-0.4, -0.2) is 58.4 Å². The molecule has 0 amide bonds. The number of hydrogen-bond acceptors (Lipinski definition) is 6. The fourth-order valence-corrected chi connectivity index (χ4v) is 4.99. The summed E-state index contributed by atoms with van der Waals surface area (Å²) >= 11 is 0. The first-order valence-corrected chi connectivity index (χ1v) is 12.2. The van der Waals surface area contributed by atoms with E-state index in [1.54, 1.807) is 0 Å². The number of aliphatic hydroxyl groups is 1. The predicted octanol–water partition coefficient (Wildman–Crippen LogP) is 3.64. The van der Waals surface area contributed by atoms with E-state index in [-0.39, 0.29) is 12.7 Å². The van der Waals surface area contributed by atoms with Crippen molar-refractivity contribution in [3.63, 3.8) is 0 Å². The van der Waals surface area contributed by atoms with Gasteiger partial charge in [-0.3, -0.25) is 14.9 Å². The third-order valence-corrected chi connectivity index (χ3v) is 6.90. The van der Waals surface area contributed by atoms with Gasteiger partial charge in [-0.25, -0.2) is 0 Å². The Bertz CT molecular complexity index is 871. The largest absolute Gasteiger partial charge is 0.489 e. The number of rotatable bonds is 8. The van der Waals surface area contributed by atoms with Gasteiger partial charge in [0.25, 0.3) is 0 Å². The summed E-state index contributed by atoms with van der Waals surface area (Å²) in [5, 5.41) is 13.0. The molecule has 4 heterocycles. The Hall–Kier alpha value is -2.02. The monoisotopic (exact) mass is 438 g/mol. The van der Waals surface area contributed by atoms with Gasteiger partial charge in [-0.15, -0.1) is 0 Å². The highest BCUT2D eigenvalue weighted by Gasteiger charge is 2.31. The molecule has 32 heavy (non-hydrogen) atoms. The molecule has 0 radical (unpaired) electrons. The number of piperidine rings is 1. The van der Waals surface area contributed by atoms with Gasteiger partial charge in [-0.05, 0) is 54.9 Å². The molecular formula is C26H38N4O2. The minimum atomic E-state index is 0.177. The Balaban J connectivity index is 1.41. The minimum absolute atomic E-state index is 0.177. The van der Waals surface area contributed by atoms with Gasteiger partial charge in [0.2, 0.25) is 0 Å². The van der Waals surface area contributed by atoms with E-state index in [9.17, 15) is 5.11 Å². The van der Waals surface area contributed by atoms with Gasteiger partial charge in [0, 0.05) is 55.7 Å². The van der Waals surface area contributed by atoms with Crippen LogP contribution >= 0.6 is 0 Å². The molecule has 174 valence electrons. The summed E-state index contributed by atoms with van der Waals surface area (Å²) in [6, 6.07) is 8.93. The fraction of sp³-hybridized carbons (Fsp3) is 0.615. The van der Waals surface area contributed by atoms with Crippen molar-refractivity contribution in [3.05, 3.63) is 53.1 Å². The molecule has 1 saturated heterocycles. The highest BCUT2D eigenvalue weighted by molar-refractivity contribution is 5.26. The van der Waals surface area contributed by atoms with Crippen LogP contribution in [0.25, 0.3) is 0 Å². The van der Waals surface area contributed by atoms with Crippen LogP contribution in [0, 0.1) is 0 Å². The van der Waals surface area contributed by atoms with E-state index in [2.05, 4.69) is 54.2 Å². The van der Waals surface area contributed by atoms with E-state index >= 15 is 0 Å². The number of β-amino-alcohol motifs (C(OH)–C–C–N with tert-alkyl or cyclic N) is 1. The zero-order chi connectivity index (χ0) is 22.5. The molecule has 0 saturated carbocycles. The molecule has 4 rings (SSSR count). The highest BCUT2D eigenvalue weighted by atomic mass is 16.5. The van der Waals surface area contributed by atoms with E-state index in [0.717, 1.165) is 63.3 Å². The molecule has 2 aromatic rings. The number of nitrogens with zero attached hydrogens (tertiary/aromatic N) is 3. The van der Waals surface area contributed by atoms with E-state index in [4.69, 9.17) is 9.72 Å². The molecule has 2 aromatic heterocycles. The second kappa shape index (κ2) is 10.7. The molecule has 3 atom stereocenters. The number of aromatic nitrogens is 2. The summed E-state index contributed by atoms with van der Waals surface area (Å²) in [6.45, 7) is 10.4. The molecule has 0 spiro atoms. The summed E-state index contributed by atoms with van der Waals surface area (Å²) in [6.07, 6.45) is 6.01. The van der Waals surface area contributed by atoms with Crippen molar-refractivity contribution in [1.82, 2.24) is 20.2 Å². The summed E-state index contributed by atoms with van der Waals surface area (Å²) in [4.78, 5) is 12.0. The highest BCUT2D eigenvalue weighted by Crippen LogP contribution is 2.30. The summed E-state index contributed by atoms with van der Waals surface area (Å²) in [7, 11) is 0. The molecule has 1 fully saturated rings. The lowest BCUT2D eigenvalue weighted by Gasteiger charge is -2.40. The third kappa shape index (κ3) is 5.66. The maximum atomic E-state index is 9.59. The molecule has 2 aliphatic heterocycles. The summed E-state index contributed by atoms with van der Waals surface area (Å²) in [5.74, 6) is 1.64. The first kappa shape index (κ1) is 23.1. The van der Waals surface area contributed by atoms with E-state index in [0.29, 0.717) is 17.9 Å². The van der Waals surface area contributed by atoms with Crippen molar-refractivity contribution in [2.24, 2.45) is 0 Å². The first-order valence-electron chi connectivity index (χ1n) is 12.2. The topological polar surface area (TPSA) is 70.5 Å². The lowest BCUT2D eigenvalue weighted by Crippen LogP contribution is -2.47. The third-order valence-electron chi connectivity index (χ3n) is 6.90. The number of likely N-dealkylation sites (tertiary alicyclic amines) is 1. The van der Waals surface area contributed by atoms with Crippen LogP contribution < -0.4 is 10.1 Å². The lowest BCUT2D eigenvalue weighted by molar-refractivity contribution is 0.0391. The Morgan fingerprint density at radius 2 is 2.03 bits per heavy atom. The molecule has 6 nitrogen and oxygen atoms in total. The van der Waals surface area contributed by atoms with Crippen LogP contribution in [0.5, 0.6) is 5.75 Å². The molecule has 6 heteroatoms. The Kier molecular flexibility index (Phi) is 7.76. The quantitative estimate of drug-likeness (QED) is 0.656. The van der Waals surface area contributed by atoms with Gasteiger partial charge in [0.15, 0.2) is 0 Å². The number of nitrogens with one attached hydrogen (secondary N) is 1. The standard InChI is InChI=1S/C26H38N4O2/c1-18(2)24-7-5-23(17-28-24)32-22-9-11-30(12-13-31)21(15-22)14-19(3)25-6-4-20-16-27-10-8-26(20)29-25/h4-7,17-19,21-22,27,31H,8-16H2,1-3H3. The van der Waals surface area contributed by atoms with E-state index in [1.165, 1.54) is 17.0 Å². The molecule has 2 aliphatic rings. The number of ether oxygens (including phenoxy) is 1. The smallest absolute Gasteiger partial charge is 0.138 e. The van der Waals surface area contributed by atoms with Crippen molar-refractivity contribution < 1.29 is 9.84 Å². The van der Waals surface area contributed by atoms with Gasteiger partial charge in [0.05, 0.1) is 12.8 Å². The summed E-state index contributed by atoms with van der Waals surface area (Å²) in [5.41, 5.74) is 4.86. The van der Waals surface area contributed by atoms with Gasteiger partial charge >= 0.3 is 0 Å². The maximum absolute atomic E-state index is 9.59. The normalized spacial score (nSPS) is 22.5. The van der Waals surface area contributed by atoms with Crippen molar-refractivity contribution in [3.8, 4) is 5.75 Å². The van der Waals surface area contributed by atoms with Crippen molar-refractivity contribution in [2.45, 2.75) is 77.0 Å². The van der Waals surface area contributed by atoms with Crippen LogP contribution in [-0.2, 0) is 13.0 Å². The van der Waals surface area contributed by atoms with Crippen LogP contribution in [0.3, 0.4) is 0 Å². The van der Waals surface area contributed by atoms with Crippen LogP contribution in [0.4, 0.5) is 0 Å². The summed E-state index contributed by atoms with van der Waals surface area (Å²) < 4.78 is 6.33. The molecule has 2 N–H and O–H groups in total. The maximum Gasteiger partial charge on any atom is 0.138 e. The number of hydrogen-bond donors (Lipinski definition) is 2. The van der Waals surface area contributed by atoms with Crippen LogP contribution in [0.15, 0.2) is 30.5 Å². The Morgan fingerprint density at radius 1 is 1.19 bits per heavy atom. The number of aliphatic hydroxyl groups excluding tert-OH is 1. The first-order chi connectivity index (χ1) is 15.5. The van der Waals surface area contributed by atoms with Crippen molar-refractivity contribution >= 4 is 0 Å². The molecule has 0 aliphatic carbocycles. The average molecular weight is 439 g/mol. The van der Waals surface area contributed by atoms with Crippen molar-refractivity contribution in [1.29, 1.82) is 0 Å². The van der Waals surface area contributed by atoms with Crippen LogP contribution in [0.1, 0.15) is 74.5 Å². The second-order valence-electron chi connectivity index (χ2n) is 9.66. The second-order valence-corrected chi connectivity index (χ2v) is 9.66. The molecular weight excluding hydrogens is 400 g/mol. The van der Waals surface area contributed by atoms with E-state index < -0.39 is 0 Å². The fourth-order valence-electron chi connectivity index (χ4n) is 4.99. The Labute approximate surface area is 192 Å². The van der Waals surface area contributed by atoms with Crippen LogP contribution in [0.2, 0.25) is 0 Å². The number of fused-ring (bicyclic) bond motifs is 1. The molecule has 0 bridgehead atoms. The van der Waals surface area contributed by atoms with Gasteiger partial charge < -0.3 is 15.2 Å². The van der Waals surface area contributed by atoms with Gasteiger partial charge in [0.1, 0.15) is 11.9 Å². The zero-order valence-corrected chi connectivity index (χ0v) is 19.8.